The van der Waals surface area contributed by atoms with E-state index < -0.39 is 0 Å². The monoisotopic (exact) mass is 227 g/mol. The highest BCUT2D eigenvalue weighted by Gasteiger charge is 2.10. The SMILES string of the molecule is Cc1cn(-c2ccc3c(c2)CNCC3)c(C)n1. The van der Waals surface area contributed by atoms with Crippen LogP contribution in [-0.2, 0) is 13.0 Å². The Morgan fingerprint density at radius 3 is 2.88 bits per heavy atom. The summed E-state index contributed by atoms with van der Waals surface area (Å²) in [5.74, 6) is 1.05. The molecule has 0 fully saturated rings. The van der Waals surface area contributed by atoms with E-state index in [9.17, 15) is 0 Å². The van der Waals surface area contributed by atoms with Crippen molar-refractivity contribution in [2.24, 2.45) is 0 Å². The molecular formula is C14H17N3. The molecule has 3 nitrogen and oxygen atoms in total. The zero-order chi connectivity index (χ0) is 11.8. The van der Waals surface area contributed by atoms with E-state index in [1.807, 2.05) is 13.8 Å². The molecule has 3 heteroatoms. The van der Waals surface area contributed by atoms with Gasteiger partial charge in [0.1, 0.15) is 5.82 Å². The fourth-order valence-corrected chi connectivity index (χ4v) is 2.50. The van der Waals surface area contributed by atoms with Crippen LogP contribution >= 0.6 is 0 Å². The fraction of sp³-hybridized carbons (Fsp3) is 0.357. The largest absolute Gasteiger partial charge is 0.312 e. The maximum absolute atomic E-state index is 4.45. The molecule has 0 amide bonds. The standard InChI is InChI=1S/C14H17N3/c1-10-9-17(11(2)16-10)14-4-3-12-5-6-15-8-13(12)7-14/h3-4,7,9,15H,5-6,8H2,1-2H3. The Balaban J connectivity index is 2.06. The molecule has 1 aliphatic rings. The smallest absolute Gasteiger partial charge is 0.110 e. The van der Waals surface area contributed by atoms with Gasteiger partial charge in [-0.25, -0.2) is 4.98 Å². The van der Waals surface area contributed by atoms with Crippen molar-refractivity contribution in [3.05, 3.63) is 47.0 Å². The zero-order valence-corrected chi connectivity index (χ0v) is 10.3. The Morgan fingerprint density at radius 2 is 2.12 bits per heavy atom. The second-order valence-corrected chi connectivity index (χ2v) is 4.68. The fourth-order valence-electron chi connectivity index (χ4n) is 2.50. The average molecular weight is 227 g/mol. The third-order valence-electron chi connectivity index (χ3n) is 3.36. The van der Waals surface area contributed by atoms with Crippen molar-refractivity contribution in [3.63, 3.8) is 0 Å². The number of aryl methyl sites for hydroxylation is 2. The summed E-state index contributed by atoms with van der Waals surface area (Å²) in [5, 5.41) is 3.41. The number of hydrogen-bond donors (Lipinski definition) is 1. The van der Waals surface area contributed by atoms with Crippen molar-refractivity contribution in [3.8, 4) is 5.69 Å². The van der Waals surface area contributed by atoms with Gasteiger partial charge in [0, 0.05) is 18.4 Å². The molecule has 1 N–H and O–H groups in total. The lowest BCUT2D eigenvalue weighted by molar-refractivity contribution is 0.643. The first-order chi connectivity index (χ1) is 8.24. The number of benzene rings is 1. The van der Waals surface area contributed by atoms with Gasteiger partial charge in [-0.3, -0.25) is 0 Å². The van der Waals surface area contributed by atoms with Gasteiger partial charge in [0.15, 0.2) is 0 Å². The summed E-state index contributed by atoms with van der Waals surface area (Å²) in [7, 11) is 0. The van der Waals surface area contributed by atoms with Crippen LogP contribution in [0.1, 0.15) is 22.6 Å². The normalized spacial score (nSPS) is 14.7. The summed E-state index contributed by atoms with van der Waals surface area (Å²) >= 11 is 0. The molecule has 0 saturated carbocycles. The first-order valence-corrected chi connectivity index (χ1v) is 6.09. The molecule has 88 valence electrons. The highest BCUT2D eigenvalue weighted by molar-refractivity contribution is 5.42. The van der Waals surface area contributed by atoms with E-state index >= 15 is 0 Å². The van der Waals surface area contributed by atoms with Crippen molar-refractivity contribution in [1.82, 2.24) is 14.9 Å². The number of rotatable bonds is 1. The summed E-state index contributed by atoms with van der Waals surface area (Å²) < 4.78 is 2.16. The number of nitrogens with zero attached hydrogens (tertiary/aromatic N) is 2. The van der Waals surface area contributed by atoms with E-state index in [0.717, 1.165) is 31.0 Å². The Hall–Kier alpha value is -1.61. The molecule has 0 atom stereocenters. The van der Waals surface area contributed by atoms with Crippen molar-refractivity contribution >= 4 is 0 Å². The molecule has 0 unspecified atom stereocenters. The summed E-state index contributed by atoms with van der Waals surface area (Å²) in [6.07, 6.45) is 3.23. The summed E-state index contributed by atoms with van der Waals surface area (Å²) in [5.41, 5.74) is 5.17. The quantitative estimate of drug-likeness (QED) is 0.809. The minimum absolute atomic E-state index is 0.982. The zero-order valence-electron chi connectivity index (χ0n) is 10.3. The van der Waals surface area contributed by atoms with Gasteiger partial charge in [-0.15, -0.1) is 0 Å². The second kappa shape index (κ2) is 4.00. The molecule has 17 heavy (non-hydrogen) atoms. The molecule has 0 spiro atoms. The van der Waals surface area contributed by atoms with E-state index in [2.05, 4.69) is 39.3 Å². The molecule has 0 radical (unpaired) electrons. The van der Waals surface area contributed by atoms with Gasteiger partial charge in [0.2, 0.25) is 0 Å². The third kappa shape index (κ3) is 1.87. The molecule has 3 rings (SSSR count). The van der Waals surface area contributed by atoms with E-state index in [1.165, 1.54) is 16.8 Å². The number of hydrogen-bond acceptors (Lipinski definition) is 2. The average Bonchev–Trinajstić information content (AvgIpc) is 2.68. The van der Waals surface area contributed by atoms with Gasteiger partial charge in [-0.2, -0.15) is 0 Å². The van der Waals surface area contributed by atoms with Crippen molar-refractivity contribution < 1.29 is 0 Å². The highest BCUT2D eigenvalue weighted by atomic mass is 15.1. The van der Waals surface area contributed by atoms with E-state index in [-0.39, 0.29) is 0 Å². The number of aromatic nitrogens is 2. The molecule has 1 aromatic carbocycles. The minimum atomic E-state index is 0.982. The lowest BCUT2D eigenvalue weighted by atomic mass is 10.0. The van der Waals surface area contributed by atoms with Crippen LogP contribution < -0.4 is 5.32 Å². The molecule has 0 saturated heterocycles. The van der Waals surface area contributed by atoms with Crippen LogP contribution in [0.3, 0.4) is 0 Å². The van der Waals surface area contributed by atoms with Crippen LogP contribution in [-0.4, -0.2) is 16.1 Å². The first kappa shape index (κ1) is 10.5. The Kier molecular flexibility index (Phi) is 2.48. The van der Waals surface area contributed by atoms with E-state index in [0.29, 0.717) is 0 Å². The van der Waals surface area contributed by atoms with Crippen molar-refractivity contribution in [1.29, 1.82) is 0 Å². The number of nitrogens with one attached hydrogen (secondary N) is 1. The van der Waals surface area contributed by atoms with Crippen LogP contribution in [0, 0.1) is 13.8 Å². The molecule has 0 aliphatic carbocycles. The van der Waals surface area contributed by atoms with Gasteiger partial charge in [0.05, 0.1) is 5.69 Å². The summed E-state index contributed by atoms with van der Waals surface area (Å²) in [6, 6.07) is 6.72. The van der Waals surface area contributed by atoms with Gasteiger partial charge < -0.3 is 9.88 Å². The summed E-state index contributed by atoms with van der Waals surface area (Å²) in [4.78, 5) is 4.45. The third-order valence-corrected chi connectivity index (χ3v) is 3.36. The predicted molar refractivity (Wildman–Crippen MR) is 68.4 cm³/mol. The van der Waals surface area contributed by atoms with Crippen molar-refractivity contribution in [2.45, 2.75) is 26.8 Å². The lowest BCUT2D eigenvalue weighted by Gasteiger charge is -2.18. The Morgan fingerprint density at radius 1 is 1.24 bits per heavy atom. The molecular weight excluding hydrogens is 210 g/mol. The van der Waals surface area contributed by atoms with E-state index in [1.54, 1.807) is 0 Å². The topological polar surface area (TPSA) is 29.9 Å². The van der Waals surface area contributed by atoms with Crippen LogP contribution in [0.5, 0.6) is 0 Å². The number of fused-ring (bicyclic) bond motifs is 1. The van der Waals surface area contributed by atoms with Gasteiger partial charge in [0.25, 0.3) is 0 Å². The molecule has 2 aromatic rings. The van der Waals surface area contributed by atoms with Crippen LogP contribution in [0.15, 0.2) is 24.4 Å². The molecule has 1 aromatic heterocycles. The lowest BCUT2D eigenvalue weighted by Crippen LogP contribution is -2.23. The molecule has 1 aliphatic heterocycles. The van der Waals surface area contributed by atoms with Gasteiger partial charge >= 0.3 is 0 Å². The van der Waals surface area contributed by atoms with Gasteiger partial charge in [-0.05, 0) is 50.1 Å². The van der Waals surface area contributed by atoms with E-state index in [4.69, 9.17) is 0 Å². The predicted octanol–water partition coefficient (Wildman–Crippen LogP) is 2.13. The van der Waals surface area contributed by atoms with Gasteiger partial charge in [-0.1, -0.05) is 6.07 Å². The summed E-state index contributed by atoms with van der Waals surface area (Å²) in [6.45, 7) is 6.15. The Bertz CT molecular complexity index is 555. The van der Waals surface area contributed by atoms with Crippen LogP contribution in [0.4, 0.5) is 0 Å². The highest BCUT2D eigenvalue weighted by Crippen LogP contribution is 2.19. The van der Waals surface area contributed by atoms with Crippen molar-refractivity contribution in [2.75, 3.05) is 6.54 Å². The molecule has 2 heterocycles. The van der Waals surface area contributed by atoms with Crippen LogP contribution in [0.25, 0.3) is 5.69 Å². The minimum Gasteiger partial charge on any atom is -0.312 e. The maximum Gasteiger partial charge on any atom is 0.110 e. The first-order valence-electron chi connectivity index (χ1n) is 6.09. The Labute approximate surface area is 101 Å². The second-order valence-electron chi connectivity index (χ2n) is 4.68. The van der Waals surface area contributed by atoms with Crippen LogP contribution in [0.2, 0.25) is 0 Å². The molecule has 0 bridgehead atoms. The number of imidazole rings is 1. The maximum atomic E-state index is 4.45.